The molecule has 0 amide bonds. The van der Waals surface area contributed by atoms with E-state index in [1.54, 1.807) is 0 Å². The van der Waals surface area contributed by atoms with Gasteiger partial charge in [0.05, 0.1) is 6.54 Å². The maximum atomic E-state index is 6.20. The summed E-state index contributed by atoms with van der Waals surface area (Å²) in [5.41, 5.74) is 9.60. The van der Waals surface area contributed by atoms with Crippen LogP contribution in [0.5, 0.6) is 0 Å². The van der Waals surface area contributed by atoms with E-state index in [0.717, 1.165) is 43.1 Å². The summed E-state index contributed by atoms with van der Waals surface area (Å²) in [7, 11) is 0. The molecule has 4 nitrogen and oxygen atoms in total. The Morgan fingerprint density at radius 1 is 1.32 bits per heavy atom. The first-order valence-corrected chi connectivity index (χ1v) is 7.95. The summed E-state index contributed by atoms with van der Waals surface area (Å²) in [4.78, 5) is 2.41. The van der Waals surface area contributed by atoms with Gasteiger partial charge in [-0.3, -0.25) is 4.90 Å². The smallest absolute Gasteiger partial charge is 0.151 e. The highest BCUT2D eigenvalue weighted by Crippen LogP contribution is 2.29. The normalized spacial score (nSPS) is 21.9. The van der Waals surface area contributed by atoms with E-state index in [9.17, 15) is 0 Å². The van der Waals surface area contributed by atoms with E-state index in [-0.39, 0.29) is 11.5 Å². The minimum absolute atomic E-state index is 0.151. The first-order chi connectivity index (χ1) is 10.4. The van der Waals surface area contributed by atoms with E-state index in [4.69, 9.17) is 10.3 Å². The Balaban J connectivity index is 1.68. The topological polar surface area (TPSA) is 55.3 Å². The minimum Gasteiger partial charge on any atom is -0.359 e. The molecule has 3 rings (SSSR count). The lowest BCUT2D eigenvalue weighted by Crippen LogP contribution is -2.51. The van der Waals surface area contributed by atoms with Crippen molar-refractivity contribution in [2.75, 3.05) is 13.1 Å². The number of rotatable bonds is 3. The molecule has 1 fully saturated rings. The second-order valence-electron chi connectivity index (χ2n) is 7.14. The lowest BCUT2D eigenvalue weighted by atomic mass is 9.80. The highest BCUT2D eigenvalue weighted by molar-refractivity contribution is 5.59. The number of nitrogens with two attached hydrogens (primary N) is 1. The number of piperidine rings is 1. The van der Waals surface area contributed by atoms with Gasteiger partial charge in [0, 0.05) is 30.8 Å². The third-order valence-electron chi connectivity index (χ3n) is 4.68. The summed E-state index contributed by atoms with van der Waals surface area (Å²) < 4.78 is 5.52. The Morgan fingerprint density at radius 2 is 2.05 bits per heavy atom. The van der Waals surface area contributed by atoms with Crippen molar-refractivity contribution < 1.29 is 4.52 Å². The van der Waals surface area contributed by atoms with Gasteiger partial charge in [0.1, 0.15) is 5.69 Å². The molecule has 2 heterocycles. The number of hydrogen-bond acceptors (Lipinski definition) is 4. The molecule has 1 aliphatic heterocycles. The summed E-state index contributed by atoms with van der Waals surface area (Å²) in [6.07, 6.45) is 1.03. The Hall–Kier alpha value is -1.65. The van der Waals surface area contributed by atoms with Gasteiger partial charge in [0.2, 0.25) is 0 Å². The maximum Gasteiger partial charge on any atom is 0.151 e. The second kappa shape index (κ2) is 5.86. The molecule has 1 aliphatic rings. The van der Waals surface area contributed by atoms with Crippen molar-refractivity contribution in [1.29, 1.82) is 0 Å². The molecule has 118 valence electrons. The van der Waals surface area contributed by atoms with Crippen LogP contribution in [0, 0.1) is 12.3 Å². The summed E-state index contributed by atoms with van der Waals surface area (Å²) in [5.74, 6) is 0.918. The van der Waals surface area contributed by atoms with Gasteiger partial charge in [0.25, 0.3) is 0 Å². The van der Waals surface area contributed by atoms with Crippen molar-refractivity contribution in [3.05, 3.63) is 41.7 Å². The maximum absolute atomic E-state index is 6.20. The van der Waals surface area contributed by atoms with Crippen molar-refractivity contribution in [1.82, 2.24) is 10.1 Å². The average molecular weight is 299 g/mol. The fourth-order valence-electron chi connectivity index (χ4n) is 3.09. The van der Waals surface area contributed by atoms with E-state index in [0.29, 0.717) is 0 Å². The van der Waals surface area contributed by atoms with Crippen molar-refractivity contribution in [2.24, 2.45) is 11.1 Å². The van der Waals surface area contributed by atoms with Gasteiger partial charge in [0.15, 0.2) is 5.76 Å². The second-order valence-corrected chi connectivity index (χ2v) is 7.14. The Bertz CT molecular complexity index is 630. The van der Waals surface area contributed by atoms with Gasteiger partial charge in [-0.15, -0.1) is 0 Å². The van der Waals surface area contributed by atoms with Crippen LogP contribution in [0.15, 0.2) is 34.9 Å². The highest BCUT2D eigenvalue weighted by atomic mass is 16.5. The quantitative estimate of drug-likeness (QED) is 0.945. The summed E-state index contributed by atoms with van der Waals surface area (Å²) in [5, 5.41) is 4.21. The van der Waals surface area contributed by atoms with Crippen LogP contribution in [0.4, 0.5) is 0 Å². The van der Waals surface area contributed by atoms with Crippen molar-refractivity contribution >= 4 is 0 Å². The van der Waals surface area contributed by atoms with Crippen molar-refractivity contribution in [2.45, 2.75) is 39.8 Å². The largest absolute Gasteiger partial charge is 0.359 e. The lowest BCUT2D eigenvalue weighted by molar-refractivity contribution is 0.0826. The van der Waals surface area contributed by atoms with Crippen LogP contribution in [-0.4, -0.2) is 29.2 Å². The summed E-state index contributed by atoms with van der Waals surface area (Å²) >= 11 is 0. The third kappa shape index (κ3) is 3.23. The number of aryl methyl sites for hydroxylation is 1. The Morgan fingerprint density at radius 3 is 2.73 bits per heavy atom. The monoisotopic (exact) mass is 299 g/mol. The Labute approximate surface area is 132 Å². The molecular formula is C18H25N3O. The zero-order valence-corrected chi connectivity index (χ0v) is 13.7. The fourth-order valence-corrected chi connectivity index (χ4v) is 3.09. The summed E-state index contributed by atoms with van der Waals surface area (Å²) in [6, 6.07) is 10.7. The van der Waals surface area contributed by atoms with Gasteiger partial charge in [-0.2, -0.15) is 0 Å². The molecule has 2 N–H and O–H groups in total. The molecule has 2 aromatic rings. The molecular weight excluding hydrogens is 274 g/mol. The lowest BCUT2D eigenvalue weighted by Gasteiger charge is -2.42. The molecule has 0 bridgehead atoms. The molecule has 1 atom stereocenters. The van der Waals surface area contributed by atoms with E-state index in [1.165, 1.54) is 5.56 Å². The van der Waals surface area contributed by atoms with Gasteiger partial charge in [-0.05, 0) is 18.8 Å². The number of nitrogens with zero attached hydrogens (tertiary/aromatic N) is 2. The van der Waals surface area contributed by atoms with Crippen LogP contribution in [0.25, 0.3) is 11.3 Å². The molecule has 0 spiro atoms. The van der Waals surface area contributed by atoms with Crippen LogP contribution in [0.2, 0.25) is 0 Å². The SMILES string of the molecule is Cc1ccc(-c2cc(CN3CCC(N)C(C)(C)C3)on2)cc1. The molecule has 0 radical (unpaired) electrons. The van der Waals surface area contributed by atoms with Gasteiger partial charge in [-0.1, -0.05) is 48.8 Å². The standard InChI is InChI=1S/C18H25N3O/c1-13-4-6-14(7-5-13)16-10-15(22-20-16)11-21-9-8-17(19)18(2,3)12-21/h4-7,10,17H,8-9,11-12,19H2,1-3H3. The Kier molecular flexibility index (Phi) is 4.06. The number of benzene rings is 1. The first kappa shape index (κ1) is 15.3. The molecule has 1 aromatic heterocycles. The highest BCUT2D eigenvalue weighted by Gasteiger charge is 2.33. The van der Waals surface area contributed by atoms with Gasteiger partial charge >= 0.3 is 0 Å². The van der Waals surface area contributed by atoms with Gasteiger partial charge in [-0.25, -0.2) is 0 Å². The van der Waals surface area contributed by atoms with E-state index in [1.807, 2.05) is 6.07 Å². The van der Waals surface area contributed by atoms with Crippen LogP contribution >= 0.6 is 0 Å². The van der Waals surface area contributed by atoms with Crippen molar-refractivity contribution in [3.8, 4) is 11.3 Å². The predicted octanol–water partition coefficient (Wildman–Crippen LogP) is 3.21. The van der Waals surface area contributed by atoms with Gasteiger partial charge < -0.3 is 10.3 Å². The minimum atomic E-state index is 0.151. The summed E-state index contributed by atoms with van der Waals surface area (Å²) in [6.45, 7) is 9.37. The zero-order valence-electron chi connectivity index (χ0n) is 13.7. The van der Waals surface area contributed by atoms with Crippen LogP contribution < -0.4 is 5.73 Å². The van der Waals surface area contributed by atoms with Crippen LogP contribution in [0.3, 0.4) is 0 Å². The predicted molar refractivity (Wildman–Crippen MR) is 88.3 cm³/mol. The van der Waals surface area contributed by atoms with Crippen LogP contribution in [-0.2, 0) is 6.54 Å². The van der Waals surface area contributed by atoms with E-state index < -0.39 is 0 Å². The molecule has 1 aromatic carbocycles. The number of aromatic nitrogens is 1. The number of likely N-dealkylation sites (tertiary alicyclic amines) is 1. The molecule has 1 saturated heterocycles. The molecule has 1 unspecified atom stereocenters. The molecule has 0 aliphatic carbocycles. The average Bonchev–Trinajstić information content (AvgIpc) is 2.92. The third-order valence-corrected chi connectivity index (χ3v) is 4.68. The van der Waals surface area contributed by atoms with Crippen LogP contribution in [0.1, 0.15) is 31.6 Å². The zero-order chi connectivity index (χ0) is 15.7. The molecule has 22 heavy (non-hydrogen) atoms. The van der Waals surface area contributed by atoms with E-state index >= 15 is 0 Å². The van der Waals surface area contributed by atoms with Crippen molar-refractivity contribution in [3.63, 3.8) is 0 Å². The molecule has 0 saturated carbocycles. The van der Waals surface area contributed by atoms with E-state index in [2.05, 4.69) is 55.1 Å². The first-order valence-electron chi connectivity index (χ1n) is 7.95. The number of hydrogen-bond donors (Lipinski definition) is 1. The molecule has 4 heteroatoms. The fraction of sp³-hybridized carbons (Fsp3) is 0.500.